The van der Waals surface area contributed by atoms with E-state index in [0.29, 0.717) is 24.3 Å². The molecule has 37 heavy (non-hydrogen) atoms. The first-order chi connectivity index (χ1) is 17.9. The molecule has 1 aliphatic heterocycles. The summed E-state index contributed by atoms with van der Waals surface area (Å²) >= 11 is 3.61. The summed E-state index contributed by atoms with van der Waals surface area (Å²) in [5, 5.41) is 7.23. The van der Waals surface area contributed by atoms with E-state index in [4.69, 9.17) is 14.2 Å². The average Bonchev–Trinajstić information content (AvgIpc) is 3.05. The lowest BCUT2D eigenvalue weighted by atomic mass is 9.78. The van der Waals surface area contributed by atoms with Crippen molar-refractivity contribution in [1.29, 1.82) is 0 Å². The topological polar surface area (TPSA) is 68.8 Å². The van der Waals surface area contributed by atoms with Gasteiger partial charge in [0.25, 0.3) is 0 Å². The molecule has 5 rings (SSSR count). The Morgan fingerprint density at radius 2 is 1.57 bits per heavy atom. The standard InChI is InChI=1S/C30H31BrN2O4/c1-17(2)37-27-12-9-18(16-28(27)36-4)20-14-24-29(25(34)15-20)30(19-10-11-26(35-3)21(31)13-19)33-23-8-6-5-7-22(23)32-24/h5-13,16-17,20,30,32-33H,14-15H2,1-4H3. The predicted octanol–water partition coefficient (Wildman–Crippen LogP) is 7.23. The lowest BCUT2D eigenvalue weighted by Crippen LogP contribution is -2.27. The molecular formula is C30H31BrN2O4. The van der Waals surface area contributed by atoms with Gasteiger partial charge in [0.05, 0.1) is 42.2 Å². The Morgan fingerprint density at radius 1 is 0.865 bits per heavy atom. The van der Waals surface area contributed by atoms with Gasteiger partial charge in [-0.05, 0) is 89.6 Å². The molecule has 192 valence electrons. The van der Waals surface area contributed by atoms with Gasteiger partial charge in [-0.1, -0.05) is 24.3 Å². The Kier molecular flexibility index (Phi) is 7.15. The number of para-hydroxylation sites is 2. The number of fused-ring (bicyclic) bond motifs is 1. The highest BCUT2D eigenvalue weighted by Gasteiger charge is 2.36. The summed E-state index contributed by atoms with van der Waals surface area (Å²) in [5.74, 6) is 2.28. The molecule has 2 atom stereocenters. The fourth-order valence-electron chi connectivity index (χ4n) is 5.13. The Hall–Kier alpha value is -3.45. The number of nitrogens with one attached hydrogen (secondary N) is 2. The van der Waals surface area contributed by atoms with Gasteiger partial charge in [-0.15, -0.1) is 0 Å². The maximum atomic E-state index is 13.8. The van der Waals surface area contributed by atoms with Crippen LogP contribution in [0.25, 0.3) is 0 Å². The van der Waals surface area contributed by atoms with Gasteiger partial charge in [0, 0.05) is 17.7 Å². The molecule has 3 aromatic carbocycles. The van der Waals surface area contributed by atoms with E-state index < -0.39 is 0 Å². The van der Waals surface area contributed by atoms with E-state index in [-0.39, 0.29) is 23.8 Å². The van der Waals surface area contributed by atoms with Gasteiger partial charge < -0.3 is 24.8 Å². The smallest absolute Gasteiger partial charge is 0.163 e. The third-order valence-corrected chi connectivity index (χ3v) is 7.46. The lowest BCUT2D eigenvalue weighted by Gasteiger charge is -2.30. The molecule has 2 unspecified atom stereocenters. The SMILES string of the molecule is COc1ccc(C2Nc3ccccc3NC3=C2C(=O)CC(c2ccc(OC(C)C)c(OC)c2)C3)cc1Br. The minimum Gasteiger partial charge on any atom is -0.496 e. The monoisotopic (exact) mass is 562 g/mol. The molecule has 0 saturated carbocycles. The highest BCUT2D eigenvalue weighted by atomic mass is 79.9. The van der Waals surface area contributed by atoms with Crippen molar-refractivity contribution in [3.8, 4) is 17.2 Å². The summed E-state index contributed by atoms with van der Waals surface area (Å²) < 4.78 is 17.8. The molecule has 0 aromatic heterocycles. The Morgan fingerprint density at radius 3 is 2.27 bits per heavy atom. The molecule has 3 aromatic rings. The van der Waals surface area contributed by atoms with Crippen molar-refractivity contribution in [2.24, 2.45) is 0 Å². The maximum Gasteiger partial charge on any atom is 0.163 e. The number of carbonyl (C=O) groups is 1. The second-order valence-electron chi connectivity index (χ2n) is 9.64. The molecule has 2 aliphatic rings. The van der Waals surface area contributed by atoms with E-state index in [0.717, 1.165) is 44.0 Å². The van der Waals surface area contributed by atoms with Crippen LogP contribution < -0.4 is 24.8 Å². The average molecular weight is 563 g/mol. The third-order valence-electron chi connectivity index (χ3n) is 6.84. The molecule has 2 N–H and O–H groups in total. The minimum atomic E-state index is -0.293. The molecule has 1 aliphatic carbocycles. The van der Waals surface area contributed by atoms with Crippen molar-refractivity contribution in [2.45, 2.75) is 44.8 Å². The third kappa shape index (κ3) is 5.05. The summed E-state index contributed by atoms with van der Waals surface area (Å²) in [7, 11) is 3.29. The van der Waals surface area contributed by atoms with E-state index in [2.05, 4.69) is 26.6 Å². The highest BCUT2D eigenvalue weighted by molar-refractivity contribution is 9.10. The van der Waals surface area contributed by atoms with Gasteiger partial charge in [0.2, 0.25) is 0 Å². The molecule has 0 saturated heterocycles. The van der Waals surface area contributed by atoms with Gasteiger partial charge in [-0.2, -0.15) is 0 Å². The van der Waals surface area contributed by atoms with E-state index in [9.17, 15) is 4.79 Å². The fourth-order valence-corrected chi connectivity index (χ4v) is 5.69. The number of allylic oxidation sites excluding steroid dienone is 1. The van der Waals surface area contributed by atoms with Crippen LogP contribution in [-0.2, 0) is 4.79 Å². The van der Waals surface area contributed by atoms with Gasteiger partial charge in [0.15, 0.2) is 17.3 Å². The molecule has 0 bridgehead atoms. The van der Waals surface area contributed by atoms with Crippen molar-refractivity contribution in [3.05, 3.63) is 87.5 Å². The molecule has 0 spiro atoms. The first kappa shape index (κ1) is 25.2. The molecule has 0 fully saturated rings. The summed E-state index contributed by atoms with van der Waals surface area (Å²) in [6.45, 7) is 3.98. The molecule has 1 heterocycles. The lowest BCUT2D eigenvalue weighted by molar-refractivity contribution is -0.116. The van der Waals surface area contributed by atoms with Crippen LogP contribution in [0, 0.1) is 0 Å². The zero-order valence-corrected chi connectivity index (χ0v) is 23.0. The number of methoxy groups -OCH3 is 2. The first-order valence-electron chi connectivity index (χ1n) is 12.4. The first-order valence-corrected chi connectivity index (χ1v) is 13.2. The summed E-state index contributed by atoms with van der Waals surface area (Å²) in [6, 6.07) is 19.7. The van der Waals surface area contributed by atoms with E-state index in [1.165, 1.54) is 0 Å². The largest absolute Gasteiger partial charge is 0.496 e. The summed E-state index contributed by atoms with van der Waals surface area (Å²) in [4.78, 5) is 13.8. The van der Waals surface area contributed by atoms with E-state index in [1.807, 2.05) is 74.5 Å². The quantitative estimate of drug-likeness (QED) is 0.330. The Balaban J connectivity index is 1.55. The predicted molar refractivity (Wildman–Crippen MR) is 150 cm³/mol. The van der Waals surface area contributed by atoms with Crippen LogP contribution in [0.1, 0.15) is 49.8 Å². The van der Waals surface area contributed by atoms with Crippen LogP contribution in [0.5, 0.6) is 17.2 Å². The van der Waals surface area contributed by atoms with Crippen molar-refractivity contribution >= 4 is 33.1 Å². The van der Waals surface area contributed by atoms with Crippen molar-refractivity contribution in [3.63, 3.8) is 0 Å². The summed E-state index contributed by atoms with van der Waals surface area (Å²) in [5.41, 5.74) is 5.67. The Labute approximate surface area is 226 Å². The van der Waals surface area contributed by atoms with Crippen LogP contribution in [0.4, 0.5) is 11.4 Å². The molecule has 0 amide bonds. The van der Waals surface area contributed by atoms with Crippen LogP contribution >= 0.6 is 15.9 Å². The number of ether oxygens (including phenoxy) is 3. The second kappa shape index (κ2) is 10.5. The number of hydrogen-bond acceptors (Lipinski definition) is 6. The van der Waals surface area contributed by atoms with Gasteiger partial charge in [0.1, 0.15) is 5.75 Å². The Bertz CT molecular complexity index is 1370. The number of anilines is 2. The van der Waals surface area contributed by atoms with Crippen LogP contribution in [0.15, 0.2) is 76.4 Å². The molecular weight excluding hydrogens is 532 g/mol. The van der Waals surface area contributed by atoms with Gasteiger partial charge in [-0.25, -0.2) is 0 Å². The van der Waals surface area contributed by atoms with Crippen LogP contribution in [-0.4, -0.2) is 26.1 Å². The zero-order chi connectivity index (χ0) is 26.1. The van der Waals surface area contributed by atoms with Crippen molar-refractivity contribution in [2.75, 3.05) is 24.9 Å². The number of Topliss-reactive ketones (excluding diaryl/α,β-unsaturated/α-hetero) is 1. The number of ketones is 1. The second-order valence-corrected chi connectivity index (χ2v) is 10.5. The maximum absolute atomic E-state index is 13.8. The normalized spacial score (nSPS) is 18.8. The number of carbonyl (C=O) groups excluding carboxylic acids is 1. The van der Waals surface area contributed by atoms with Crippen molar-refractivity contribution < 1.29 is 19.0 Å². The van der Waals surface area contributed by atoms with Crippen molar-refractivity contribution in [1.82, 2.24) is 0 Å². The van der Waals surface area contributed by atoms with Gasteiger partial charge in [-0.3, -0.25) is 4.79 Å². The number of halogens is 1. The van der Waals surface area contributed by atoms with Crippen LogP contribution in [0.2, 0.25) is 0 Å². The number of benzene rings is 3. The number of hydrogen-bond donors (Lipinski definition) is 2. The fraction of sp³-hybridized carbons (Fsp3) is 0.300. The minimum absolute atomic E-state index is 0.0225. The molecule has 7 heteroatoms. The highest BCUT2D eigenvalue weighted by Crippen LogP contribution is 2.46. The van der Waals surface area contributed by atoms with Gasteiger partial charge >= 0.3 is 0 Å². The van der Waals surface area contributed by atoms with Crippen LogP contribution in [0.3, 0.4) is 0 Å². The van der Waals surface area contributed by atoms with E-state index in [1.54, 1.807) is 14.2 Å². The number of rotatable bonds is 6. The summed E-state index contributed by atoms with van der Waals surface area (Å²) in [6.07, 6.45) is 1.17. The molecule has 0 radical (unpaired) electrons. The molecule has 6 nitrogen and oxygen atoms in total. The zero-order valence-electron chi connectivity index (χ0n) is 21.4. The van der Waals surface area contributed by atoms with E-state index >= 15 is 0 Å².